The van der Waals surface area contributed by atoms with Gasteiger partial charge in [-0.25, -0.2) is 4.68 Å². The SMILES string of the molecule is CC(C)c1nn(CC(=O)N2CCCC2)c2nnc(-c3ccccc3)c(Cl)c12. The van der Waals surface area contributed by atoms with Gasteiger partial charge in [0.25, 0.3) is 0 Å². The van der Waals surface area contributed by atoms with Crippen LogP contribution in [0.15, 0.2) is 30.3 Å². The Morgan fingerprint density at radius 1 is 1.15 bits per heavy atom. The van der Waals surface area contributed by atoms with Crippen LogP contribution in [-0.2, 0) is 11.3 Å². The standard InChI is InChI=1S/C20H22ClN5O/c1-13(2)18-16-17(21)19(14-8-4-3-5-9-14)22-23-20(16)26(24-18)12-15(27)25-10-6-7-11-25/h3-5,8-9,13H,6-7,10-12H2,1-2H3. The summed E-state index contributed by atoms with van der Waals surface area (Å²) in [7, 11) is 0. The van der Waals surface area contributed by atoms with Crippen LogP contribution in [0.1, 0.15) is 38.3 Å². The van der Waals surface area contributed by atoms with E-state index in [1.807, 2.05) is 35.2 Å². The van der Waals surface area contributed by atoms with Gasteiger partial charge in [0.1, 0.15) is 12.2 Å². The molecule has 1 aliphatic heterocycles. The maximum absolute atomic E-state index is 12.6. The number of fused-ring (bicyclic) bond motifs is 1. The van der Waals surface area contributed by atoms with Crippen LogP contribution in [0.4, 0.5) is 0 Å². The van der Waals surface area contributed by atoms with Crippen molar-refractivity contribution in [3.63, 3.8) is 0 Å². The zero-order chi connectivity index (χ0) is 19.0. The van der Waals surface area contributed by atoms with Gasteiger partial charge in [-0.2, -0.15) is 5.10 Å². The lowest BCUT2D eigenvalue weighted by Gasteiger charge is -2.15. The van der Waals surface area contributed by atoms with Crippen LogP contribution in [0.2, 0.25) is 5.02 Å². The molecule has 0 bridgehead atoms. The van der Waals surface area contributed by atoms with Crippen molar-refractivity contribution in [2.45, 2.75) is 39.2 Å². The first kappa shape index (κ1) is 17.9. The molecule has 1 amide bonds. The highest BCUT2D eigenvalue weighted by molar-refractivity contribution is 6.37. The maximum atomic E-state index is 12.6. The molecule has 0 saturated carbocycles. The Bertz CT molecular complexity index is 977. The molecule has 4 rings (SSSR count). The number of halogens is 1. The molecule has 140 valence electrons. The van der Waals surface area contributed by atoms with Gasteiger partial charge < -0.3 is 4.90 Å². The molecule has 0 unspecified atom stereocenters. The second-order valence-corrected chi connectivity index (χ2v) is 7.59. The van der Waals surface area contributed by atoms with Crippen molar-refractivity contribution in [3.05, 3.63) is 41.0 Å². The van der Waals surface area contributed by atoms with Gasteiger partial charge in [0.15, 0.2) is 5.65 Å². The average molecular weight is 384 g/mol. The topological polar surface area (TPSA) is 63.9 Å². The van der Waals surface area contributed by atoms with Crippen LogP contribution in [0.3, 0.4) is 0 Å². The fourth-order valence-electron chi connectivity index (χ4n) is 3.53. The first-order chi connectivity index (χ1) is 13.1. The Morgan fingerprint density at radius 2 is 1.85 bits per heavy atom. The van der Waals surface area contributed by atoms with E-state index >= 15 is 0 Å². The van der Waals surface area contributed by atoms with Gasteiger partial charge in [-0.05, 0) is 18.8 Å². The van der Waals surface area contributed by atoms with E-state index in [0.717, 1.165) is 42.6 Å². The van der Waals surface area contributed by atoms with Crippen LogP contribution in [0.5, 0.6) is 0 Å². The van der Waals surface area contributed by atoms with E-state index in [4.69, 9.17) is 11.6 Å². The molecule has 0 N–H and O–H groups in total. The van der Waals surface area contributed by atoms with Crippen LogP contribution in [0.25, 0.3) is 22.3 Å². The molecule has 7 heteroatoms. The summed E-state index contributed by atoms with van der Waals surface area (Å²) in [6.45, 7) is 5.93. The summed E-state index contributed by atoms with van der Waals surface area (Å²) in [5.41, 5.74) is 2.96. The normalized spacial score (nSPS) is 14.4. The monoisotopic (exact) mass is 383 g/mol. The lowest BCUT2D eigenvalue weighted by atomic mass is 10.1. The summed E-state index contributed by atoms with van der Waals surface area (Å²) in [6.07, 6.45) is 2.13. The van der Waals surface area contributed by atoms with Crippen molar-refractivity contribution in [1.82, 2.24) is 24.9 Å². The van der Waals surface area contributed by atoms with Gasteiger partial charge in [0.2, 0.25) is 5.91 Å². The summed E-state index contributed by atoms with van der Waals surface area (Å²) >= 11 is 6.75. The Balaban J connectivity index is 1.80. The maximum Gasteiger partial charge on any atom is 0.244 e. The van der Waals surface area contributed by atoms with Gasteiger partial charge in [-0.15, -0.1) is 10.2 Å². The van der Waals surface area contributed by atoms with E-state index in [0.29, 0.717) is 16.4 Å². The van der Waals surface area contributed by atoms with Crippen molar-refractivity contribution in [3.8, 4) is 11.3 Å². The van der Waals surface area contributed by atoms with Crippen LogP contribution in [-0.4, -0.2) is 43.9 Å². The minimum atomic E-state index is 0.0669. The van der Waals surface area contributed by atoms with E-state index in [1.54, 1.807) is 4.68 Å². The lowest BCUT2D eigenvalue weighted by Crippen LogP contribution is -2.31. The molecule has 6 nitrogen and oxygen atoms in total. The molecular weight excluding hydrogens is 362 g/mol. The summed E-state index contributed by atoms with van der Waals surface area (Å²) in [4.78, 5) is 14.5. The summed E-state index contributed by atoms with van der Waals surface area (Å²) in [5, 5.41) is 14.7. The highest BCUT2D eigenvalue weighted by atomic mass is 35.5. The van der Waals surface area contributed by atoms with E-state index in [9.17, 15) is 4.79 Å². The quantitative estimate of drug-likeness (QED) is 0.685. The lowest BCUT2D eigenvalue weighted by molar-refractivity contribution is -0.130. The molecule has 2 aromatic heterocycles. The van der Waals surface area contributed by atoms with Crippen molar-refractivity contribution in [2.75, 3.05) is 13.1 Å². The number of likely N-dealkylation sites (tertiary alicyclic amines) is 1. The number of amides is 1. The van der Waals surface area contributed by atoms with E-state index < -0.39 is 0 Å². The Labute approximate surface area is 163 Å². The first-order valence-electron chi connectivity index (χ1n) is 9.32. The molecule has 0 spiro atoms. The van der Waals surface area contributed by atoms with Crippen molar-refractivity contribution >= 4 is 28.5 Å². The van der Waals surface area contributed by atoms with Crippen LogP contribution in [0, 0.1) is 0 Å². The molecule has 1 aromatic carbocycles. The minimum Gasteiger partial charge on any atom is -0.341 e. The molecule has 27 heavy (non-hydrogen) atoms. The molecule has 0 aliphatic carbocycles. The molecule has 1 aliphatic rings. The third-order valence-electron chi connectivity index (χ3n) is 4.96. The number of aromatic nitrogens is 4. The zero-order valence-corrected chi connectivity index (χ0v) is 16.3. The third-order valence-corrected chi connectivity index (χ3v) is 5.33. The largest absolute Gasteiger partial charge is 0.341 e. The van der Waals surface area contributed by atoms with E-state index in [1.165, 1.54) is 0 Å². The van der Waals surface area contributed by atoms with Gasteiger partial charge in [-0.1, -0.05) is 55.8 Å². The molecule has 3 heterocycles. The molecule has 0 radical (unpaired) electrons. The fraction of sp³-hybridized carbons (Fsp3) is 0.400. The average Bonchev–Trinajstić information content (AvgIpc) is 3.32. The Morgan fingerprint density at radius 3 is 2.52 bits per heavy atom. The number of carbonyl (C=O) groups excluding carboxylic acids is 1. The third kappa shape index (κ3) is 3.30. The zero-order valence-electron chi connectivity index (χ0n) is 15.5. The van der Waals surface area contributed by atoms with E-state index in [-0.39, 0.29) is 18.4 Å². The fourth-order valence-corrected chi connectivity index (χ4v) is 3.86. The number of benzene rings is 1. The first-order valence-corrected chi connectivity index (χ1v) is 9.70. The summed E-state index contributed by atoms with van der Waals surface area (Å²) in [5.74, 6) is 0.221. The smallest absolute Gasteiger partial charge is 0.244 e. The van der Waals surface area contributed by atoms with E-state index in [2.05, 4.69) is 29.1 Å². The number of nitrogens with zero attached hydrogens (tertiary/aromatic N) is 5. The second kappa shape index (κ2) is 7.27. The van der Waals surface area contributed by atoms with Crippen LogP contribution < -0.4 is 0 Å². The predicted molar refractivity (Wildman–Crippen MR) is 106 cm³/mol. The molecular formula is C20H22ClN5O. The Hall–Kier alpha value is -2.47. The predicted octanol–water partition coefficient (Wildman–Crippen LogP) is 3.89. The van der Waals surface area contributed by atoms with Crippen molar-refractivity contribution < 1.29 is 4.79 Å². The van der Waals surface area contributed by atoms with Crippen molar-refractivity contribution in [1.29, 1.82) is 0 Å². The summed E-state index contributed by atoms with van der Waals surface area (Å²) in [6, 6.07) is 9.75. The number of carbonyl (C=O) groups is 1. The van der Waals surface area contributed by atoms with Gasteiger partial charge >= 0.3 is 0 Å². The van der Waals surface area contributed by atoms with Crippen molar-refractivity contribution in [2.24, 2.45) is 0 Å². The van der Waals surface area contributed by atoms with Gasteiger partial charge in [0.05, 0.1) is 16.1 Å². The summed E-state index contributed by atoms with van der Waals surface area (Å²) < 4.78 is 1.65. The number of hydrogen-bond acceptors (Lipinski definition) is 4. The van der Waals surface area contributed by atoms with Crippen LogP contribution >= 0.6 is 11.6 Å². The molecule has 0 atom stereocenters. The highest BCUT2D eigenvalue weighted by Gasteiger charge is 2.24. The minimum absolute atomic E-state index is 0.0669. The van der Waals surface area contributed by atoms with Gasteiger partial charge in [0, 0.05) is 18.7 Å². The molecule has 1 saturated heterocycles. The molecule has 3 aromatic rings. The second-order valence-electron chi connectivity index (χ2n) is 7.21. The molecule has 1 fully saturated rings. The highest BCUT2D eigenvalue weighted by Crippen LogP contribution is 2.35. The number of rotatable bonds is 4. The number of hydrogen-bond donors (Lipinski definition) is 0. The van der Waals surface area contributed by atoms with Gasteiger partial charge in [-0.3, -0.25) is 4.79 Å². The Kier molecular flexibility index (Phi) is 4.83.